The van der Waals surface area contributed by atoms with Gasteiger partial charge in [0.1, 0.15) is 0 Å². The molecule has 0 radical (unpaired) electrons. The first kappa shape index (κ1) is 15.0. The molecule has 0 saturated carbocycles. The summed E-state index contributed by atoms with van der Waals surface area (Å²) in [5.41, 5.74) is 1.07. The van der Waals surface area contributed by atoms with Gasteiger partial charge in [0.05, 0.1) is 6.61 Å². The van der Waals surface area contributed by atoms with E-state index >= 15 is 0 Å². The van der Waals surface area contributed by atoms with Crippen molar-refractivity contribution in [3.05, 3.63) is 12.2 Å². The fourth-order valence-corrected chi connectivity index (χ4v) is 1.27. The van der Waals surface area contributed by atoms with Crippen molar-refractivity contribution in [2.24, 2.45) is 0 Å². The van der Waals surface area contributed by atoms with Gasteiger partial charge in [0, 0.05) is 6.54 Å². The van der Waals surface area contributed by atoms with Crippen LogP contribution in [0.3, 0.4) is 0 Å². The van der Waals surface area contributed by atoms with Gasteiger partial charge in [-0.1, -0.05) is 45.3 Å². The highest BCUT2D eigenvalue weighted by molar-refractivity contribution is 5.67. The summed E-state index contributed by atoms with van der Waals surface area (Å²) >= 11 is 0. The molecule has 0 bridgehead atoms. The minimum Gasteiger partial charge on any atom is -0.450 e. The SMILES string of the molecule is C=C(CCCCC)CNC(=O)OCCCC. The molecule has 94 valence electrons. The molecule has 0 rings (SSSR count). The molecule has 0 aliphatic carbocycles. The quantitative estimate of drug-likeness (QED) is 0.482. The third-order valence-electron chi connectivity index (χ3n) is 2.35. The lowest BCUT2D eigenvalue weighted by atomic mass is 10.1. The minimum absolute atomic E-state index is 0.329. The predicted octanol–water partition coefficient (Wildman–Crippen LogP) is 3.65. The molecule has 0 heterocycles. The van der Waals surface area contributed by atoms with Crippen LogP contribution in [0.25, 0.3) is 0 Å². The third kappa shape index (κ3) is 9.56. The monoisotopic (exact) mass is 227 g/mol. The van der Waals surface area contributed by atoms with Gasteiger partial charge in [-0.05, 0) is 19.3 Å². The summed E-state index contributed by atoms with van der Waals surface area (Å²) < 4.78 is 4.97. The Morgan fingerprint density at radius 1 is 1.19 bits per heavy atom. The van der Waals surface area contributed by atoms with E-state index in [1.807, 2.05) is 0 Å². The highest BCUT2D eigenvalue weighted by atomic mass is 16.5. The van der Waals surface area contributed by atoms with Crippen molar-refractivity contribution in [3.8, 4) is 0 Å². The maximum Gasteiger partial charge on any atom is 0.407 e. The fraction of sp³-hybridized carbons (Fsp3) is 0.769. The zero-order chi connectivity index (χ0) is 12.2. The Bertz CT molecular complexity index is 180. The van der Waals surface area contributed by atoms with E-state index in [-0.39, 0.29) is 6.09 Å². The highest BCUT2D eigenvalue weighted by Gasteiger charge is 2.01. The van der Waals surface area contributed by atoms with Crippen LogP contribution in [-0.4, -0.2) is 19.2 Å². The van der Waals surface area contributed by atoms with Crippen LogP contribution in [0.1, 0.15) is 52.4 Å². The number of nitrogens with one attached hydrogen (secondary N) is 1. The smallest absolute Gasteiger partial charge is 0.407 e. The first-order chi connectivity index (χ1) is 7.70. The van der Waals surface area contributed by atoms with Gasteiger partial charge in [-0.25, -0.2) is 4.79 Å². The third-order valence-corrected chi connectivity index (χ3v) is 2.35. The molecule has 0 aromatic heterocycles. The topological polar surface area (TPSA) is 38.3 Å². The lowest BCUT2D eigenvalue weighted by Crippen LogP contribution is -2.26. The molecule has 0 aliphatic rings. The van der Waals surface area contributed by atoms with Gasteiger partial charge in [0.25, 0.3) is 0 Å². The second kappa shape index (κ2) is 10.5. The van der Waals surface area contributed by atoms with Gasteiger partial charge >= 0.3 is 6.09 Å². The van der Waals surface area contributed by atoms with Gasteiger partial charge in [0.2, 0.25) is 0 Å². The summed E-state index contributed by atoms with van der Waals surface area (Å²) in [6, 6.07) is 0. The van der Waals surface area contributed by atoms with Gasteiger partial charge < -0.3 is 10.1 Å². The summed E-state index contributed by atoms with van der Waals surface area (Å²) in [5.74, 6) is 0. The summed E-state index contributed by atoms with van der Waals surface area (Å²) in [7, 11) is 0. The van der Waals surface area contributed by atoms with Crippen molar-refractivity contribution in [3.63, 3.8) is 0 Å². The average molecular weight is 227 g/mol. The molecule has 0 aromatic rings. The second-order valence-electron chi connectivity index (χ2n) is 4.05. The molecular formula is C13H25NO2. The zero-order valence-electron chi connectivity index (χ0n) is 10.7. The summed E-state index contributed by atoms with van der Waals surface area (Å²) in [5, 5.41) is 2.71. The van der Waals surface area contributed by atoms with E-state index in [4.69, 9.17) is 4.74 Å². The summed E-state index contributed by atoms with van der Waals surface area (Å²) in [6.45, 7) is 9.20. The molecule has 0 spiro atoms. The van der Waals surface area contributed by atoms with Crippen LogP contribution >= 0.6 is 0 Å². The number of carbonyl (C=O) groups excluding carboxylic acids is 1. The van der Waals surface area contributed by atoms with Crippen molar-refractivity contribution in [1.29, 1.82) is 0 Å². The Kier molecular flexibility index (Phi) is 9.87. The Morgan fingerprint density at radius 3 is 2.50 bits per heavy atom. The summed E-state index contributed by atoms with van der Waals surface area (Å²) in [6.07, 6.45) is 6.21. The molecule has 1 N–H and O–H groups in total. The number of rotatable bonds is 9. The van der Waals surface area contributed by atoms with E-state index in [0.717, 1.165) is 31.3 Å². The van der Waals surface area contributed by atoms with Crippen molar-refractivity contribution in [2.75, 3.05) is 13.2 Å². The van der Waals surface area contributed by atoms with Crippen LogP contribution < -0.4 is 5.32 Å². The largest absolute Gasteiger partial charge is 0.450 e. The van der Waals surface area contributed by atoms with E-state index in [9.17, 15) is 4.79 Å². The number of hydrogen-bond donors (Lipinski definition) is 1. The highest BCUT2D eigenvalue weighted by Crippen LogP contribution is 2.05. The van der Waals surface area contributed by atoms with Gasteiger partial charge in [-0.3, -0.25) is 0 Å². The molecular weight excluding hydrogens is 202 g/mol. The molecule has 1 amide bonds. The number of carbonyl (C=O) groups is 1. The van der Waals surface area contributed by atoms with Crippen LogP contribution in [-0.2, 0) is 4.74 Å². The van der Waals surface area contributed by atoms with Crippen LogP contribution in [0, 0.1) is 0 Å². The maximum atomic E-state index is 11.2. The number of hydrogen-bond acceptors (Lipinski definition) is 2. The lowest BCUT2D eigenvalue weighted by Gasteiger charge is -2.08. The Balaban J connectivity index is 3.40. The fourth-order valence-electron chi connectivity index (χ4n) is 1.27. The number of ether oxygens (including phenoxy) is 1. The standard InChI is InChI=1S/C13H25NO2/c1-4-6-8-9-12(3)11-14-13(15)16-10-7-5-2/h3-11H2,1-2H3,(H,14,15). The minimum atomic E-state index is -0.329. The molecule has 0 aliphatic heterocycles. The average Bonchev–Trinajstić information content (AvgIpc) is 2.27. The predicted molar refractivity (Wildman–Crippen MR) is 67.5 cm³/mol. The van der Waals surface area contributed by atoms with E-state index in [0.29, 0.717) is 13.2 Å². The number of unbranched alkanes of at least 4 members (excludes halogenated alkanes) is 3. The maximum absolute atomic E-state index is 11.2. The van der Waals surface area contributed by atoms with Crippen molar-refractivity contribution < 1.29 is 9.53 Å². The van der Waals surface area contributed by atoms with Crippen LogP contribution in [0.15, 0.2) is 12.2 Å². The number of alkyl carbamates (subject to hydrolysis) is 1. The lowest BCUT2D eigenvalue weighted by molar-refractivity contribution is 0.145. The summed E-state index contributed by atoms with van der Waals surface area (Å²) in [4.78, 5) is 11.2. The Hall–Kier alpha value is -0.990. The van der Waals surface area contributed by atoms with Crippen LogP contribution in [0.2, 0.25) is 0 Å². The van der Waals surface area contributed by atoms with Crippen LogP contribution in [0.5, 0.6) is 0 Å². The molecule has 0 atom stereocenters. The molecule has 3 heteroatoms. The van der Waals surface area contributed by atoms with E-state index in [2.05, 4.69) is 25.7 Å². The molecule has 3 nitrogen and oxygen atoms in total. The van der Waals surface area contributed by atoms with E-state index < -0.39 is 0 Å². The van der Waals surface area contributed by atoms with Gasteiger partial charge in [-0.15, -0.1) is 0 Å². The molecule has 0 fully saturated rings. The Labute approximate surface area is 99.3 Å². The van der Waals surface area contributed by atoms with Crippen LogP contribution in [0.4, 0.5) is 4.79 Å². The van der Waals surface area contributed by atoms with Gasteiger partial charge in [-0.2, -0.15) is 0 Å². The van der Waals surface area contributed by atoms with Crippen molar-refractivity contribution >= 4 is 6.09 Å². The van der Waals surface area contributed by atoms with Gasteiger partial charge in [0.15, 0.2) is 0 Å². The molecule has 0 saturated heterocycles. The van der Waals surface area contributed by atoms with E-state index in [1.54, 1.807) is 0 Å². The normalized spacial score (nSPS) is 9.88. The second-order valence-corrected chi connectivity index (χ2v) is 4.05. The molecule has 0 unspecified atom stereocenters. The van der Waals surface area contributed by atoms with E-state index in [1.165, 1.54) is 12.8 Å². The zero-order valence-corrected chi connectivity index (χ0v) is 10.7. The van der Waals surface area contributed by atoms with Crippen molar-refractivity contribution in [2.45, 2.75) is 52.4 Å². The number of amides is 1. The first-order valence-corrected chi connectivity index (χ1v) is 6.28. The molecule has 0 aromatic carbocycles. The first-order valence-electron chi connectivity index (χ1n) is 6.28. The Morgan fingerprint density at radius 2 is 1.88 bits per heavy atom. The van der Waals surface area contributed by atoms with Crippen molar-refractivity contribution in [1.82, 2.24) is 5.32 Å². The molecule has 16 heavy (non-hydrogen) atoms.